The minimum Gasteiger partial charge on any atom is -0.494 e. The fourth-order valence-corrected chi connectivity index (χ4v) is 5.61. The van der Waals surface area contributed by atoms with Crippen LogP contribution in [0, 0.1) is 0 Å². The van der Waals surface area contributed by atoms with Crippen molar-refractivity contribution in [1.82, 2.24) is 4.90 Å². The first kappa shape index (κ1) is 31.9. The van der Waals surface area contributed by atoms with E-state index in [-0.39, 0.29) is 31.8 Å². The normalized spacial score (nSPS) is 19.0. The number of carbonyl (C=O) groups is 1. The van der Waals surface area contributed by atoms with Crippen LogP contribution in [-0.4, -0.2) is 88.1 Å². The predicted octanol–water partition coefficient (Wildman–Crippen LogP) is 5.88. The highest BCUT2D eigenvalue weighted by molar-refractivity contribution is 5.65. The lowest BCUT2D eigenvalue weighted by Gasteiger charge is -2.37. The number of hydrogen-bond acceptors (Lipinski definition) is 6. The van der Waals surface area contributed by atoms with Crippen LogP contribution < -0.4 is 9.64 Å². The van der Waals surface area contributed by atoms with Gasteiger partial charge in [-0.2, -0.15) is 13.2 Å². The lowest BCUT2D eigenvalue weighted by atomic mass is 9.87. The molecule has 232 valence electrons. The molecule has 2 heterocycles. The first-order valence-corrected chi connectivity index (χ1v) is 14.6. The molecule has 0 unspecified atom stereocenters. The number of methoxy groups -OCH3 is 1. The Labute approximate surface area is 245 Å². The van der Waals surface area contributed by atoms with Gasteiger partial charge in [0.2, 0.25) is 0 Å². The minimum absolute atomic E-state index is 0.00795. The van der Waals surface area contributed by atoms with Crippen molar-refractivity contribution in [3.05, 3.63) is 59.2 Å². The summed E-state index contributed by atoms with van der Waals surface area (Å²) in [5, 5.41) is 9.64. The molecule has 0 saturated carbocycles. The average molecular weight is 595 g/mol. The predicted molar refractivity (Wildman–Crippen MR) is 152 cm³/mol. The number of rotatable bonds is 14. The number of aryl methyl sites for hydroxylation is 1. The van der Waals surface area contributed by atoms with Crippen LogP contribution in [0.2, 0.25) is 0 Å². The molecule has 2 aliphatic rings. The monoisotopic (exact) mass is 594 g/mol. The maximum Gasteiger partial charge on any atom is 0.411 e. The van der Waals surface area contributed by atoms with Gasteiger partial charge < -0.3 is 33.9 Å². The van der Waals surface area contributed by atoms with Crippen molar-refractivity contribution in [3.63, 3.8) is 0 Å². The van der Waals surface area contributed by atoms with Crippen molar-refractivity contribution in [3.8, 4) is 5.75 Å². The molecule has 8 nitrogen and oxygen atoms in total. The van der Waals surface area contributed by atoms with Crippen LogP contribution in [0.4, 0.5) is 23.7 Å². The molecule has 42 heavy (non-hydrogen) atoms. The standard InChI is InChI=1S/C31H41F3N2O6/c1-39-16-3-14-35-13-2-5-25-7-6-23(19-28(25)35)21-42-29-20-36(30(37)38)15-12-27(29)24-8-10-26(11-9-24)41-18-4-17-40-22-31(32,33)34/h6-11,19,27,29H,2-5,12-18,20-22H2,1H3,(H,37,38)/t27-,29+/m1/s1. The molecule has 1 saturated heterocycles. The molecule has 1 amide bonds. The number of fused-ring (bicyclic) bond motifs is 1. The Balaban J connectivity index is 1.35. The van der Waals surface area contributed by atoms with E-state index >= 15 is 0 Å². The van der Waals surface area contributed by atoms with Gasteiger partial charge in [-0.05, 0) is 60.6 Å². The summed E-state index contributed by atoms with van der Waals surface area (Å²) >= 11 is 0. The highest BCUT2D eigenvalue weighted by atomic mass is 19.4. The molecule has 0 aliphatic carbocycles. The van der Waals surface area contributed by atoms with E-state index in [1.165, 1.54) is 16.2 Å². The second-order valence-corrected chi connectivity index (χ2v) is 10.8. The van der Waals surface area contributed by atoms with Crippen LogP contribution in [0.5, 0.6) is 5.75 Å². The molecule has 0 radical (unpaired) electrons. The first-order valence-electron chi connectivity index (χ1n) is 14.6. The molecule has 1 fully saturated rings. The van der Waals surface area contributed by atoms with E-state index in [1.54, 1.807) is 7.11 Å². The van der Waals surface area contributed by atoms with Crippen molar-refractivity contribution < 1.29 is 42.0 Å². The van der Waals surface area contributed by atoms with E-state index in [2.05, 4.69) is 27.8 Å². The number of piperidine rings is 1. The number of hydrogen-bond donors (Lipinski definition) is 1. The molecule has 0 spiro atoms. The number of anilines is 1. The van der Waals surface area contributed by atoms with Gasteiger partial charge in [-0.25, -0.2) is 4.79 Å². The zero-order valence-corrected chi connectivity index (χ0v) is 24.1. The van der Waals surface area contributed by atoms with Gasteiger partial charge in [0.15, 0.2) is 0 Å². The Hall–Kier alpha value is -3.02. The molecule has 0 aromatic heterocycles. The third-order valence-corrected chi connectivity index (χ3v) is 7.71. The molecule has 1 N–H and O–H groups in total. The van der Waals surface area contributed by atoms with Crippen molar-refractivity contribution in [2.45, 2.75) is 56.9 Å². The highest BCUT2D eigenvalue weighted by Gasteiger charge is 2.33. The summed E-state index contributed by atoms with van der Waals surface area (Å²) in [6.07, 6.45) is -1.48. The lowest BCUT2D eigenvalue weighted by molar-refractivity contribution is -0.174. The van der Waals surface area contributed by atoms with E-state index in [9.17, 15) is 23.1 Å². The van der Waals surface area contributed by atoms with Crippen molar-refractivity contribution >= 4 is 11.8 Å². The van der Waals surface area contributed by atoms with Crippen LogP contribution in [-0.2, 0) is 27.2 Å². The second-order valence-electron chi connectivity index (χ2n) is 10.8. The number of amides is 1. The molecule has 2 aromatic rings. The molecular formula is C31H41F3N2O6. The number of benzene rings is 2. The number of halogens is 3. The minimum atomic E-state index is -4.33. The fourth-order valence-electron chi connectivity index (χ4n) is 5.61. The number of ether oxygens (including phenoxy) is 4. The van der Waals surface area contributed by atoms with Gasteiger partial charge >= 0.3 is 12.3 Å². The molecule has 2 atom stereocenters. The number of carboxylic acid groups (broad SMARTS) is 1. The van der Waals surface area contributed by atoms with Gasteiger partial charge in [0.05, 0.1) is 32.5 Å². The Bertz CT molecular complexity index is 1130. The smallest absolute Gasteiger partial charge is 0.411 e. The Morgan fingerprint density at radius 2 is 1.86 bits per heavy atom. The molecule has 4 rings (SSSR count). The number of likely N-dealkylation sites (tertiary alicyclic amines) is 1. The van der Waals surface area contributed by atoms with Crippen LogP contribution in [0.1, 0.15) is 48.3 Å². The van der Waals surface area contributed by atoms with Gasteiger partial charge in [-0.1, -0.05) is 24.3 Å². The molecule has 0 bridgehead atoms. The van der Waals surface area contributed by atoms with Gasteiger partial charge in [-0.3, -0.25) is 0 Å². The summed E-state index contributed by atoms with van der Waals surface area (Å²) < 4.78 is 58.4. The van der Waals surface area contributed by atoms with E-state index < -0.39 is 18.9 Å². The zero-order chi connectivity index (χ0) is 30.0. The van der Waals surface area contributed by atoms with Gasteiger partial charge in [0, 0.05) is 51.4 Å². The fraction of sp³-hybridized carbons (Fsp3) is 0.581. The quantitative estimate of drug-likeness (QED) is 0.274. The summed E-state index contributed by atoms with van der Waals surface area (Å²) in [6.45, 7) is 2.72. The summed E-state index contributed by atoms with van der Waals surface area (Å²) in [6, 6.07) is 14.0. The van der Waals surface area contributed by atoms with Crippen molar-refractivity contribution in [1.29, 1.82) is 0 Å². The van der Waals surface area contributed by atoms with Crippen LogP contribution in [0.15, 0.2) is 42.5 Å². The van der Waals surface area contributed by atoms with Crippen LogP contribution in [0.25, 0.3) is 0 Å². The number of nitrogens with zero attached hydrogens (tertiary/aromatic N) is 2. The van der Waals surface area contributed by atoms with Crippen LogP contribution in [0.3, 0.4) is 0 Å². The Kier molecular flexibility index (Phi) is 11.7. The third kappa shape index (κ3) is 9.50. The molecule has 11 heteroatoms. The lowest BCUT2D eigenvalue weighted by Crippen LogP contribution is -2.46. The molecular weight excluding hydrogens is 553 g/mol. The first-order chi connectivity index (χ1) is 20.2. The average Bonchev–Trinajstić information content (AvgIpc) is 2.97. The third-order valence-electron chi connectivity index (χ3n) is 7.71. The topological polar surface area (TPSA) is 80.7 Å². The van der Waals surface area contributed by atoms with Gasteiger partial charge in [-0.15, -0.1) is 0 Å². The maximum absolute atomic E-state index is 12.2. The SMILES string of the molecule is COCCCN1CCCc2ccc(CO[C@H]3CN(C(=O)O)CC[C@@H]3c3ccc(OCCCOCC(F)(F)F)cc3)cc21. The van der Waals surface area contributed by atoms with E-state index in [4.69, 9.17) is 14.2 Å². The summed E-state index contributed by atoms with van der Waals surface area (Å²) in [7, 11) is 1.72. The summed E-state index contributed by atoms with van der Waals surface area (Å²) in [5.41, 5.74) is 4.67. The van der Waals surface area contributed by atoms with Crippen molar-refractivity contribution in [2.75, 3.05) is 64.6 Å². The molecule has 2 aromatic carbocycles. The van der Waals surface area contributed by atoms with E-state index in [0.29, 0.717) is 31.7 Å². The Morgan fingerprint density at radius 1 is 1.05 bits per heavy atom. The Morgan fingerprint density at radius 3 is 2.60 bits per heavy atom. The summed E-state index contributed by atoms with van der Waals surface area (Å²) in [5.74, 6) is 0.618. The van der Waals surface area contributed by atoms with Gasteiger partial charge in [0.1, 0.15) is 12.4 Å². The van der Waals surface area contributed by atoms with Crippen LogP contribution >= 0.6 is 0 Å². The second kappa shape index (κ2) is 15.5. The highest BCUT2D eigenvalue weighted by Crippen LogP contribution is 2.33. The number of alkyl halides is 3. The van der Waals surface area contributed by atoms with E-state index in [0.717, 1.165) is 50.1 Å². The van der Waals surface area contributed by atoms with Gasteiger partial charge in [0.25, 0.3) is 0 Å². The van der Waals surface area contributed by atoms with Crippen molar-refractivity contribution in [2.24, 2.45) is 0 Å². The summed E-state index contributed by atoms with van der Waals surface area (Å²) in [4.78, 5) is 15.6. The molecule has 2 aliphatic heterocycles. The zero-order valence-electron chi connectivity index (χ0n) is 24.1. The largest absolute Gasteiger partial charge is 0.494 e. The maximum atomic E-state index is 12.2. The van der Waals surface area contributed by atoms with E-state index in [1.807, 2.05) is 24.3 Å².